The van der Waals surface area contributed by atoms with Gasteiger partial charge in [0.05, 0.1) is 16.6 Å². The lowest BCUT2D eigenvalue weighted by Gasteiger charge is -2.28. The van der Waals surface area contributed by atoms with Crippen LogP contribution in [0.4, 0.5) is 11.5 Å². The van der Waals surface area contributed by atoms with Crippen LogP contribution in [0.15, 0.2) is 12.1 Å². The summed E-state index contributed by atoms with van der Waals surface area (Å²) in [6.45, 7) is 7.47. The molecule has 0 radical (unpaired) electrons. The first-order chi connectivity index (χ1) is 11.9. The average Bonchev–Trinajstić information content (AvgIpc) is 3.19. The molecule has 6 nitrogen and oxygen atoms in total. The number of sulfonamides is 1. The summed E-state index contributed by atoms with van der Waals surface area (Å²) in [5.74, 6) is 0.959. The third-order valence-corrected chi connectivity index (χ3v) is 7.70. The number of rotatable bonds is 5. The Morgan fingerprint density at radius 2 is 1.96 bits per heavy atom. The molecule has 3 aliphatic rings. The lowest BCUT2D eigenvalue weighted by Crippen LogP contribution is -2.39. The number of anilines is 2. The minimum Gasteiger partial charge on any atom is -0.355 e. The van der Waals surface area contributed by atoms with Crippen molar-refractivity contribution in [3.63, 3.8) is 0 Å². The van der Waals surface area contributed by atoms with Crippen molar-refractivity contribution < 1.29 is 8.42 Å². The highest BCUT2D eigenvalue weighted by molar-refractivity contribution is 7.93. The monoisotopic (exact) mass is 364 g/mol. The third-order valence-electron chi connectivity index (χ3n) is 5.85. The summed E-state index contributed by atoms with van der Waals surface area (Å²) < 4.78 is 27.0. The number of nitrogens with zero attached hydrogens (tertiary/aromatic N) is 3. The van der Waals surface area contributed by atoms with Gasteiger partial charge < -0.3 is 4.90 Å². The number of pyridine rings is 1. The Balaban J connectivity index is 1.44. The van der Waals surface area contributed by atoms with E-state index in [9.17, 15) is 8.42 Å². The lowest BCUT2D eigenvalue weighted by atomic mass is 10.2. The lowest BCUT2D eigenvalue weighted by molar-refractivity contribution is 0.204. The van der Waals surface area contributed by atoms with E-state index in [0.29, 0.717) is 17.8 Å². The topological polar surface area (TPSA) is 65.5 Å². The third kappa shape index (κ3) is 3.49. The largest absolute Gasteiger partial charge is 0.355 e. The van der Waals surface area contributed by atoms with Gasteiger partial charge in [-0.25, -0.2) is 13.4 Å². The van der Waals surface area contributed by atoms with Gasteiger partial charge in [0.2, 0.25) is 10.0 Å². The van der Waals surface area contributed by atoms with Crippen LogP contribution in [0, 0.1) is 6.92 Å². The summed E-state index contributed by atoms with van der Waals surface area (Å²) in [5, 5.41) is -0.214. The smallest absolute Gasteiger partial charge is 0.235 e. The molecule has 3 fully saturated rings. The van der Waals surface area contributed by atoms with E-state index in [2.05, 4.69) is 26.4 Å². The molecule has 0 bridgehead atoms. The standard InChI is InChI=1S/C18H28N4O2S/c1-13-4-3-10-22(13)15-9-11-21(12-15)18-8-7-17(14(2)19-18)20-25(23,24)16-5-6-16/h7-8,13,15-16,20H,3-6,9-12H2,1-2H3/t13-,15+/m0/s1. The molecule has 2 atom stereocenters. The number of likely N-dealkylation sites (tertiary alicyclic amines) is 1. The molecule has 2 aliphatic heterocycles. The van der Waals surface area contributed by atoms with E-state index < -0.39 is 10.0 Å². The molecule has 1 saturated carbocycles. The Labute approximate surface area is 150 Å². The van der Waals surface area contributed by atoms with Crippen LogP contribution in [-0.2, 0) is 10.0 Å². The summed E-state index contributed by atoms with van der Waals surface area (Å²) >= 11 is 0. The maximum Gasteiger partial charge on any atom is 0.235 e. The second kappa shape index (κ2) is 6.43. The highest BCUT2D eigenvalue weighted by Crippen LogP contribution is 2.32. The molecule has 25 heavy (non-hydrogen) atoms. The molecule has 0 spiro atoms. The Morgan fingerprint density at radius 1 is 1.16 bits per heavy atom. The molecule has 1 aliphatic carbocycles. The van der Waals surface area contributed by atoms with E-state index in [0.717, 1.165) is 37.4 Å². The van der Waals surface area contributed by atoms with Crippen LogP contribution < -0.4 is 9.62 Å². The van der Waals surface area contributed by atoms with Gasteiger partial charge >= 0.3 is 0 Å². The Kier molecular flexibility index (Phi) is 4.40. The van der Waals surface area contributed by atoms with Crippen molar-refractivity contribution in [2.45, 2.75) is 63.3 Å². The molecule has 1 aromatic heterocycles. The molecule has 4 rings (SSSR count). The number of aryl methyl sites for hydroxylation is 1. The van der Waals surface area contributed by atoms with Crippen molar-refractivity contribution in [1.29, 1.82) is 0 Å². The van der Waals surface area contributed by atoms with Crippen molar-refractivity contribution in [3.05, 3.63) is 17.8 Å². The molecule has 2 saturated heterocycles. The van der Waals surface area contributed by atoms with Crippen LogP contribution >= 0.6 is 0 Å². The van der Waals surface area contributed by atoms with Crippen LogP contribution in [0.5, 0.6) is 0 Å². The average molecular weight is 365 g/mol. The minimum absolute atomic E-state index is 0.214. The summed E-state index contributed by atoms with van der Waals surface area (Å²) in [4.78, 5) is 9.66. The second-order valence-corrected chi connectivity index (χ2v) is 9.73. The fourth-order valence-electron chi connectivity index (χ4n) is 4.17. The fraction of sp³-hybridized carbons (Fsp3) is 0.722. The van der Waals surface area contributed by atoms with Crippen LogP contribution in [0.2, 0.25) is 0 Å². The van der Waals surface area contributed by atoms with Crippen LogP contribution in [0.3, 0.4) is 0 Å². The second-order valence-electron chi connectivity index (χ2n) is 7.77. The first kappa shape index (κ1) is 17.1. The number of aromatic nitrogens is 1. The number of hydrogen-bond donors (Lipinski definition) is 1. The maximum absolute atomic E-state index is 12.1. The Morgan fingerprint density at radius 3 is 2.60 bits per heavy atom. The van der Waals surface area contributed by atoms with Crippen LogP contribution in [-0.4, -0.2) is 55.3 Å². The van der Waals surface area contributed by atoms with Crippen molar-refractivity contribution in [1.82, 2.24) is 9.88 Å². The van der Waals surface area contributed by atoms with Crippen molar-refractivity contribution in [2.75, 3.05) is 29.3 Å². The van der Waals surface area contributed by atoms with E-state index in [1.54, 1.807) is 0 Å². The van der Waals surface area contributed by atoms with E-state index >= 15 is 0 Å². The first-order valence-corrected chi connectivity index (χ1v) is 11.0. The van der Waals surface area contributed by atoms with Gasteiger partial charge in [-0.05, 0) is 64.6 Å². The predicted molar refractivity (Wildman–Crippen MR) is 101 cm³/mol. The Hall–Kier alpha value is -1.34. The van der Waals surface area contributed by atoms with Crippen molar-refractivity contribution in [3.8, 4) is 0 Å². The van der Waals surface area contributed by atoms with Gasteiger partial charge in [0.1, 0.15) is 5.82 Å². The van der Waals surface area contributed by atoms with Gasteiger partial charge in [0, 0.05) is 25.2 Å². The Bertz CT molecular complexity index is 747. The summed E-state index contributed by atoms with van der Waals surface area (Å²) in [6, 6.07) is 5.13. The quantitative estimate of drug-likeness (QED) is 0.869. The van der Waals surface area contributed by atoms with E-state index in [-0.39, 0.29) is 5.25 Å². The maximum atomic E-state index is 12.1. The summed E-state index contributed by atoms with van der Waals surface area (Å²) in [7, 11) is -3.23. The predicted octanol–water partition coefficient (Wildman–Crippen LogP) is 2.36. The van der Waals surface area contributed by atoms with E-state index in [1.807, 2.05) is 19.1 Å². The number of nitrogens with one attached hydrogen (secondary N) is 1. The summed E-state index contributed by atoms with van der Waals surface area (Å²) in [5.41, 5.74) is 1.36. The van der Waals surface area contributed by atoms with Gasteiger partial charge in [0.25, 0.3) is 0 Å². The molecule has 0 aromatic carbocycles. The fourth-order valence-corrected chi connectivity index (χ4v) is 5.61. The summed E-state index contributed by atoms with van der Waals surface area (Å²) in [6.07, 6.45) is 5.34. The molecule has 7 heteroatoms. The normalized spacial score (nSPS) is 27.8. The molecular formula is C18H28N4O2S. The van der Waals surface area contributed by atoms with Gasteiger partial charge in [-0.2, -0.15) is 0 Å². The van der Waals surface area contributed by atoms with Gasteiger partial charge in [0.15, 0.2) is 0 Å². The van der Waals surface area contributed by atoms with Crippen LogP contribution in [0.25, 0.3) is 0 Å². The zero-order chi connectivity index (χ0) is 17.6. The molecule has 138 valence electrons. The SMILES string of the molecule is Cc1nc(N2CC[C@@H](N3CCC[C@@H]3C)C2)ccc1NS(=O)(=O)C1CC1. The van der Waals surface area contributed by atoms with Crippen molar-refractivity contribution >= 4 is 21.5 Å². The van der Waals surface area contributed by atoms with E-state index in [1.165, 1.54) is 25.8 Å². The van der Waals surface area contributed by atoms with Gasteiger partial charge in [-0.1, -0.05) is 0 Å². The highest BCUT2D eigenvalue weighted by atomic mass is 32.2. The van der Waals surface area contributed by atoms with Gasteiger partial charge in [-0.3, -0.25) is 9.62 Å². The number of hydrogen-bond acceptors (Lipinski definition) is 5. The van der Waals surface area contributed by atoms with E-state index in [4.69, 9.17) is 0 Å². The molecule has 0 amide bonds. The molecule has 3 heterocycles. The zero-order valence-electron chi connectivity index (χ0n) is 15.1. The highest BCUT2D eigenvalue weighted by Gasteiger charge is 2.36. The minimum atomic E-state index is -3.23. The molecule has 1 aromatic rings. The molecule has 1 N–H and O–H groups in total. The first-order valence-electron chi connectivity index (χ1n) is 9.44. The zero-order valence-corrected chi connectivity index (χ0v) is 15.9. The molecular weight excluding hydrogens is 336 g/mol. The van der Waals surface area contributed by atoms with Crippen molar-refractivity contribution in [2.24, 2.45) is 0 Å². The van der Waals surface area contributed by atoms with Crippen LogP contribution in [0.1, 0.15) is 44.7 Å². The molecule has 0 unspecified atom stereocenters. The van der Waals surface area contributed by atoms with Gasteiger partial charge in [-0.15, -0.1) is 0 Å².